The summed E-state index contributed by atoms with van der Waals surface area (Å²) in [6.45, 7) is 7.81. The van der Waals surface area contributed by atoms with E-state index in [9.17, 15) is 4.79 Å². The Bertz CT molecular complexity index is 812. The number of hydrogen-bond donors (Lipinski definition) is 1. The third-order valence-corrected chi connectivity index (χ3v) is 5.53. The van der Waals surface area contributed by atoms with Gasteiger partial charge >= 0.3 is 0 Å². The molecule has 0 unspecified atom stereocenters. The zero-order chi connectivity index (χ0) is 18.1. The Morgan fingerprint density at radius 2 is 2.19 bits per heavy atom. The van der Waals surface area contributed by atoms with Gasteiger partial charge in [0, 0.05) is 32.4 Å². The summed E-state index contributed by atoms with van der Waals surface area (Å²) in [6, 6.07) is -0.0176. The van der Waals surface area contributed by atoms with Gasteiger partial charge in [0.05, 0.1) is 11.4 Å². The minimum Gasteiger partial charge on any atom is -0.472 e. The van der Waals surface area contributed by atoms with Crippen LogP contribution in [0.1, 0.15) is 37.7 Å². The number of ether oxygens (including phenoxy) is 2. The Morgan fingerprint density at radius 1 is 1.38 bits per heavy atom. The molecular formula is C19H24N4O3. The SMILES string of the molecule is C=CC(=O)N1CC[C@@H](Oc2ncnc3[nH]cc(C4CCOCC4)c23)[C@H]1C. The average molecular weight is 356 g/mol. The average Bonchev–Trinajstić information content (AvgIpc) is 3.27. The zero-order valence-corrected chi connectivity index (χ0v) is 15.0. The van der Waals surface area contributed by atoms with Crippen molar-refractivity contribution in [2.24, 2.45) is 0 Å². The number of amides is 1. The number of carbonyl (C=O) groups is 1. The van der Waals surface area contributed by atoms with Crippen molar-refractivity contribution in [2.45, 2.75) is 44.2 Å². The number of aromatic nitrogens is 3. The van der Waals surface area contributed by atoms with Crippen molar-refractivity contribution in [1.82, 2.24) is 19.9 Å². The van der Waals surface area contributed by atoms with Crippen molar-refractivity contribution < 1.29 is 14.3 Å². The van der Waals surface area contributed by atoms with Crippen LogP contribution in [0.15, 0.2) is 25.2 Å². The summed E-state index contributed by atoms with van der Waals surface area (Å²) in [5.74, 6) is 0.967. The third-order valence-electron chi connectivity index (χ3n) is 5.53. The molecule has 2 aliphatic rings. The van der Waals surface area contributed by atoms with Crippen LogP contribution in [0.3, 0.4) is 0 Å². The second-order valence-electron chi connectivity index (χ2n) is 6.95. The fourth-order valence-corrected chi connectivity index (χ4v) is 4.02. The molecule has 0 spiro atoms. The number of nitrogens with zero attached hydrogens (tertiary/aromatic N) is 3. The first-order valence-corrected chi connectivity index (χ1v) is 9.18. The van der Waals surface area contributed by atoms with E-state index in [1.807, 2.05) is 13.1 Å². The zero-order valence-electron chi connectivity index (χ0n) is 15.0. The molecular weight excluding hydrogens is 332 g/mol. The molecule has 7 heteroatoms. The molecule has 0 radical (unpaired) electrons. The Kier molecular flexibility index (Phi) is 4.63. The summed E-state index contributed by atoms with van der Waals surface area (Å²) < 4.78 is 11.8. The fraction of sp³-hybridized carbons (Fsp3) is 0.526. The number of carbonyl (C=O) groups excluding carboxylic acids is 1. The largest absolute Gasteiger partial charge is 0.472 e. The number of rotatable bonds is 4. The maximum atomic E-state index is 12.0. The molecule has 4 heterocycles. The molecule has 2 aromatic heterocycles. The number of likely N-dealkylation sites (tertiary alicyclic amines) is 1. The molecule has 138 valence electrons. The van der Waals surface area contributed by atoms with E-state index >= 15 is 0 Å². The van der Waals surface area contributed by atoms with Crippen LogP contribution in [-0.4, -0.2) is 57.7 Å². The predicted octanol–water partition coefficient (Wildman–Crippen LogP) is 2.41. The molecule has 1 N–H and O–H groups in total. The lowest BCUT2D eigenvalue weighted by Gasteiger charge is -2.25. The van der Waals surface area contributed by atoms with E-state index < -0.39 is 0 Å². The van der Waals surface area contributed by atoms with E-state index in [0.717, 1.165) is 43.5 Å². The van der Waals surface area contributed by atoms with Gasteiger partial charge in [-0.1, -0.05) is 6.58 Å². The Hall–Kier alpha value is -2.41. The molecule has 4 rings (SSSR count). The van der Waals surface area contributed by atoms with Crippen LogP contribution in [0.25, 0.3) is 11.0 Å². The van der Waals surface area contributed by atoms with Crippen molar-refractivity contribution in [2.75, 3.05) is 19.8 Å². The van der Waals surface area contributed by atoms with E-state index in [2.05, 4.69) is 21.5 Å². The first kappa shape index (κ1) is 17.0. The van der Waals surface area contributed by atoms with Crippen LogP contribution in [0.4, 0.5) is 0 Å². The maximum Gasteiger partial charge on any atom is 0.246 e. The van der Waals surface area contributed by atoms with Gasteiger partial charge in [0.1, 0.15) is 18.1 Å². The number of H-pyrrole nitrogens is 1. The normalized spacial score (nSPS) is 24.1. The molecule has 26 heavy (non-hydrogen) atoms. The number of fused-ring (bicyclic) bond motifs is 1. The molecule has 2 aliphatic heterocycles. The first-order chi connectivity index (χ1) is 12.7. The summed E-state index contributed by atoms with van der Waals surface area (Å²) in [7, 11) is 0. The Balaban J connectivity index is 1.61. The quantitative estimate of drug-likeness (QED) is 0.851. The van der Waals surface area contributed by atoms with E-state index in [4.69, 9.17) is 9.47 Å². The minimum atomic E-state index is -0.0885. The molecule has 0 saturated carbocycles. The van der Waals surface area contributed by atoms with E-state index in [1.54, 1.807) is 4.90 Å². The van der Waals surface area contributed by atoms with Crippen molar-refractivity contribution in [1.29, 1.82) is 0 Å². The molecule has 0 bridgehead atoms. The van der Waals surface area contributed by atoms with E-state index in [0.29, 0.717) is 18.3 Å². The highest BCUT2D eigenvalue weighted by Gasteiger charge is 2.35. The van der Waals surface area contributed by atoms with Gasteiger partial charge < -0.3 is 19.4 Å². The summed E-state index contributed by atoms with van der Waals surface area (Å²) in [5, 5.41) is 0.958. The number of aromatic amines is 1. The van der Waals surface area contributed by atoms with Crippen LogP contribution >= 0.6 is 0 Å². The molecule has 7 nitrogen and oxygen atoms in total. The van der Waals surface area contributed by atoms with Gasteiger partial charge in [0.2, 0.25) is 11.8 Å². The fourth-order valence-electron chi connectivity index (χ4n) is 4.02. The van der Waals surface area contributed by atoms with Crippen molar-refractivity contribution >= 4 is 16.9 Å². The smallest absolute Gasteiger partial charge is 0.246 e. The minimum absolute atomic E-state index is 0.0176. The van der Waals surface area contributed by atoms with Gasteiger partial charge in [0.25, 0.3) is 0 Å². The van der Waals surface area contributed by atoms with Crippen LogP contribution in [-0.2, 0) is 9.53 Å². The van der Waals surface area contributed by atoms with Crippen LogP contribution in [0.5, 0.6) is 5.88 Å². The highest BCUT2D eigenvalue weighted by molar-refractivity contribution is 5.87. The molecule has 2 atom stereocenters. The van der Waals surface area contributed by atoms with Crippen molar-refractivity contribution in [3.63, 3.8) is 0 Å². The summed E-state index contributed by atoms with van der Waals surface area (Å²) in [6.07, 6.45) is 7.57. The monoisotopic (exact) mass is 356 g/mol. The van der Waals surface area contributed by atoms with Crippen LogP contribution in [0, 0.1) is 0 Å². The summed E-state index contributed by atoms with van der Waals surface area (Å²) >= 11 is 0. The first-order valence-electron chi connectivity index (χ1n) is 9.18. The maximum absolute atomic E-state index is 12.0. The lowest BCUT2D eigenvalue weighted by Crippen LogP contribution is -2.38. The standard InChI is InChI=1S/C19H24N4O3/c1-3-16(24)23-7-4-15(12(23)2)26-19-17-14(13-5-8-25-9-6-13)10-20-18(17)21-11-22-19/h3,10-13,15H,1,4-9H2,2H3,(H,20,21,22)/t12-,15-/m1/s1. The highest BCUT2D eigenvalue weighted by Crippen LogP contribution is 2.36. The van der Waals surface area contributed by atoms with Crippen LogP contribution in [0.2, 0.25) is 0 Å². The van der Waals surface area contributed by atoms with Gasteiger partial charge in [-0.3, -0.25) is 4.79 Å². The Morgan fingerprint density at radius 3 is 2.96 bits per heavy atom. The van der Waals surface area contributed by atoms with E-state index in [-0.39, 0.29) is 18.1 Å². The van der Waals surface area contributed by atoms with Gasteiger partial charge in [-0.15, -0.1) is 0 Å². The molecule has 2 saturated heterocycles. The molecule has 2 fully saturated rings. The molecule has 2 aromatic rings. The number of nitrogens with one attached hydrogen (secondary N) is 1. The van der Waals surface area contributed by atoms with Gasteiger partial charge in [-0.25, -0.2) is 9.97 Å². The van der Waals surface area contributed by atoms with E-state index in [1.165, 1.54) is 18.0 Å². The van der Waals surface area contributed by atoms with Gasteiger partial charge in [0.15, 0.2) is 0 Å². The second-order valence-corrected chi connectivity index (χ2v) is 6.95. The van der Waals surface area contributed by atoms with Gasteiger partial charge in [-0.2, -0.15) is 0 Å². The van der Waals surface area contributed by atoms with Crippen molar-refractivity contribution in [3.8, 4) is 5.88 Å². The lowest BCUT2D eigenvalue weighted by molar-refractivity contribution is -0.127. The second kappa shape index (κ2) is 7.07. The molecule has 0 aromatic carbocycles. The topological polar surface area (TPSA) is 80.3 Å². The van der Waals surface area contributed by atoms with Gasteiger partial charge in [-0.05, 0) is 37.3 Å². The lowest BCUT2D eigenvalue weighted by atomic mass is 9.92. The molecule has 1 amide bonds. The summed E-state index contributed by atoms with van der Waals surface area (Å²) in [5.41, 5.74) is 1.99. The number of hydrogen-bond acceptors (Lipinski definition) is 5. The predicted molar refractivity (Wildman–Crippen MR) is 97.1 cm³/mol. The van der Waals surface area contributed by atoms with Crippen molar-refractivity contribution in [3.05, 3.63) is 30.7 Å². The Labute approximate surface area is 152 Å². The molecule has 0 aliphatic carbocycles. The van der Waals surface area contributed by atoms with Crippen LogP contribution < -0.4 is 4.74 Å². The summed E-state index contributed by atoms with van der Waals surface area (Å²) in [4.78, 5) is 25.8. The highest BCUT2D eigenvalue weighted by atomic mass is 16.5. The third kappa shape index (κ3) is 2.96.